The van der Waals surface area contributed by atoms with E-state index < -0.39 is 6.10 Å². The number of aliphatic hydroxyl groups is 1. The normalized spacial score (nSPS) is 14.8. The maximum absolute atomic E-state index is 14.0. The van der Waals surface area contributed by atoms with E-state index in [0.29, 0.717) is 37.4 Å². The number of benzene rings is 2. The number of para-hydroxylation sites is 1. The van der Waals surface area contributed by atoms with Gasteiger partial charge in [-0.2, -0.15) is 5.10 Å². The van der Waals surface area contributed by atoms with E-state index in [1.807, 2.05) is 44.2 Å². The van der Waals surface area contributed by atoms with E-state index in [-0.39, 0.29) is 17.8 Å². The molecule has 0 unspecified atom stereocenters. The third-order valence-corrected chi connectivity index (χ3v) is 6.02. The summed E-state index contributed by atoms with van der Waals surface area (Å²) in [7, 11) is 0. The van der Waals surface area contributed by atoms with Crippen LogP contribution in [0.4, 0.5) is 4.39 Å². The van der Waals surface area contributed by atoms with Crippen molar-refractivity contribution in [3.63, 3.8) is 0 Å². The average Bonchev–Trinajstić information content (AvgIpc) is 3.61. The maximum atomic E-state index is 14.0. The molecule has 0 bridgehead atoms. The summed E-state index contributed by atoms with van der Waals surface area (Å²) in [6.45, 7) is 9.54. The Morgan fingerprint density at radius 1 is 1.09 bits per heavy atom. The summed E-state index contributed by atoms with van der Waals surface area (Å²) >= 11 is 0. The third-order valence-electron chi connectivity index (χ3n) is 6.02. The number of ether oxygens (including phenoxy) is 2. The van der Waals surface area contributed by atoms with Gasteiger partial charge in [0.2, 0.25) is 5.88 Å². The Morgan fingerprint density at radius 2 is 1.83 bits per heavy atom. The first kappa shape index (κ1) is 25.4. The fourth-order valence-corrected chi connectivity index (χ4v) is 4.17. The molecule has 6 nitrogen and oxygen atoms in total. The largest absolute Gasteiger partial charge is 0.438 e. The molecule has 7 heteroatoms. The number of aromatic nitrogens is 2. The van der Waals surface area contributed by atoms with Crippen LogP contribution in [-0.4, -0.2) is 51.2 Å². The average molecular weight is 482 g/mol. The number of aliphatic hydroxyl groups excluding tert-OH is 1. The predicted molar refractivity (Wildman–Crippen MR) is 135 cm³/mol. The molecular formula is C28H36FN3O3. The molecule has 1 aliphatic carbocycles. The fraction of sp³-hybridized carbons (Fsp3) is 0.464. The molecule has 2 aromatic carbocycles. The van der Waals surface area contributed by atoms with Crippen molar-refractivity contribution in [2.75, 3.05) is 13.2 Å². The minimum Gasteiger partial charge on any atom is -0.438 e. The maximum Gasteiger partial charge on any atom is 0.227 e. The summed E-state index contributed by atoms with van der Waals surface area (Å²) in [6, 6.07) is 16.4. The van der Waals surface area contributed by atoms with Gasteiger partial charge in [-0.25, -0.2) is 9.07 Å². The number of nitrogens with zero attached hydrogens (tertiary/aromatic N) is 3. The van der Waals surface area contributed by atoms with Crippen LogP contribution in [0, 0.1) is 5.82 Å². The van der Waals surface area contributed by atoms with E-state index in [1.165, 1.54) is 12.1 Å². The van der Waals surface area contributed by atoms with Crippen LogP contribution in [0.25, 0.3) is 5.69 Å². The zero-order valence-corrected chi connectivity index (χ0v) is 21.0. The number of rotatable bonds is 12. The second-order valence-electron chi connectivity index (χ2n) is 9.83. The molecule has 1 heterocycles. The lowest BCUT2D eigenvalue weighted by atomic mass is 10.1. The lowest BCUT2D eigenvalue weighted by Crippen LogP contribution is -2.36. The summed E-state index contributed by atoms with van der Waals surface area (Å²) in [6.07, 6.45) is 1.68. The van der Waals surface area contributed by atoms with Crippen LogP contribution in [0.15, 0.2) is 54.6 Å². The molecule has 1 saturated carbocycles. The molecule has 0 aliphatic heterocycles. The minimum absolute atomic E-state index is 0.0712. The van der Waals surface area contributed by atoms with Gasteiger partial charge in [0.25, 0.3) is 0 Å². The van der Waals surface area contributed by atoms with Crippen molar-refractivity contribution in [2.45, 2.75) is 71.2 Å². The van der Waals surface area contributed by atoms with E-state index in [2.05, 4.69) is 18.7 Å². The topological polar surface area (TPSA) is 59.8 Å². The summed E-state index contributed by atoms with van der Waals surface area (Å²) in [5, 5.41) is 15.6. The Balaban J connectivity index is 1.71. The second kappa shape index (κ2) is 11.3. The van der Waals surface area contributed by atoms with Crippen LogP contribution in [0.3, 0.4) is 0 Å². The summed E-state index contributed by atoms with van der Waals surface area (Å²) < 4.78 is 27.8. The van der Waals surface area contributed by atoms with Gasteiger partial charge in [-0.1, -0.05) is 38.1 Å². The third kappa shape index (κ3) is 6.69. The Bertz CT molecular complexity index is 1100. The lowest BCUT2D eigenvalue weighted by molar-refractivity contribution is -0.0108. The Morgan fingerprint density at radius 3 is 2.46 bits per heavy atom. The number of hydrogen-bond acceptors (Lipinski definition) is 5. The van der Waals surface area contributed by atoms with Gasteiger partial charge in [0.1, 0.15) is 11.6 Å². The van der Waals surface area contributed by atoms with Gasteiger partial charge in [-0.3, -0.25) is 4.90 Å². The zero-order valence-electron chi connectivity index (χ0n) is 21.0. The minimum atomic E-state index is -0.586. The summed E-state index contributed by atoms with van der Waals surface area (Å²) in [5.41, 5.74) is 2.76. The highest BCUT2D eigenvalue weighted by molar-refractivity contribution is 5.44. The molecule has 0 saturated heterocycles. The Kier molecular flexibility index (Phi) is 8.21. The van der Waals surface area contributed by atoms with Crippen LogP contribution in [0.1, 0.15) is 57.7 Å². The van der Waals surface area contributed by atoms with Crippen molar-refractivity contribution in [3.05, 3.63) is 71.7 Å². The highest BCUT2D eigenvalue weighted by Crippen LogP contribution is 2.37. The highest BCUT2D eigenvalue weighted by atomic mass is 19.1. The van der Waals surface area contributed by atoms with Crippen LogP contribution < -0.4 is 4.74 Å². The molecule has 1 fully saturated rings. The molecule has 1 atom stereocenters. The van der Waals surface area contributed by atoms with E-state index in [4.69, 9.17) is 14.6 Å². The molecule has 188 valence electrons. The first-order valence-electron chi connectivity index (χ1n) is 12.5. The second-order valence-corrected chi connectivity index (χ2v) is 9.83. The Labute approximate surface area is 207 Å². The number of hydrogen-bond donors (Lipinski definition) is 1. The van der Waals surface area contributed by atoms with Crippen molar-refractivity contribution in [2.24, 2.45) is 0 Å². The van der Waals surface area contributed by atoms with Crippen LogP contribution in [0.2, 0.25) is 0 Å². The molecule has 35 heavy (non-hydrogen) atoms. The molecule has 1 aromatic heterocycles. The first-order valence-corrected chi connectivity index (χ1v) is 12.5. The molecule has 0 amide bonds. The van der Waals surface area contributed by atoms with Crippen LogP contribution in [0.5, 0.6) is 11.6 Å². The van der Waals surface area contributed by atoms with Crippen molar-refractivity contribution in [3.8, 4) is 17.3 Å². The summed E-state index contributed by atoms with van der Waals surface area (Å²) in [5.74, 6) is 0.790. The monoisotopic (exact) mass is 481 g/mol. The van der Waals surface area contributed by atoms with Gasteiger partial charge >= 0.3 is 0 Å². The van der Waals surface area contributed by atoms with Crippen LogP contribution in [-0.2, 0) is 11.3 Å². The molecule has 0 radical (unpaired) electrons. The predicted octanol–water partition coefficient (Wildman–Crippen LogP) is 5.68. The van der Waals surface area contributed by atoms with Gasteiger partial charge in [0, 0.05) is 25.2 Å². The molecule has 4 rings (SSSR count). The summed E-state index contributed by atoms with van der Waals surface area (Å²) in [4.78, 5) is 2.30. The van der Waals surface area contributed by atoms with Crippen molar-refractivity contribution in [1.29, 1.82) is 0 Å². The molecule has 1 N–H and O–H groups in total. The molecule has 1 aliphatic rings. The van der Waals surface area contributed by atoms with Crippen molar-refractivity contribution >= 4 is 0 Å². The Hall–Kier alpha value is -2.74. The quantitative estimate of drug-likeness (QED) is 0.361. The van der Waals surface area contributed by atoms with Gasteiger partial charge in [-0.05, 0) is 56.9 Å². The number of halogens is 1. The fourth-order valence-electron chi connectivity index (χ4n) is 4.17. The van der Waals surface area contributed by atoms with Gasteiger partial charge in [0.05, 0.1) is 35.8 Å². The van der Waals surface area contributed by atoms with Gasteiger partial charge < -0.3 is 14.6 Å². The van der Waals surface area contributed by atoms with Gasteiger partial charge in [-0.15, -0.1) is 0 Å². The highest BCUT2D eigenvalue weighted by Gasteiger charge is 2.33. The van der Waals surface area contributed by atoms with Crippen LogP contribution >= 0.6 is 0 Å². The smallest absolute Gasteiger partial charge is 0.227 e. The first-order chi connectivity index (χ1) is 16.8. The molecule has 3 aromatic rings. The zero-order chi connectivity index (χ0) is 24.9. The van der Waals surface area contributed by atoms with E-state index >= 15 is 0 Å². The molecule has 0 spiro atoms. The standard InChI is InChI=1S/C28H36FN3O3/c1-19(2)27-26(17-31(22-13-14-22)16-24(33)18-34-20(3)4)28(35-25-12-8-9-21(29)15-25)32(30-27)23-10-6-5-7-11-23/h5-12,15,19-20,22,24,33H,13-14,16-18H2,1-4H3/t24-/m0/s1. The van der Waals surface area contributed by atoms with E-state index in [9.17, 15) is 9.50 Å². The lowest BCUT2D eigenvalue weighted by Gasteiger charge is -2.26. The SMILES string of the molecule is CC(C)OC[C@@H](O)CN(Cc1c(C(C)C)nn(-c2ccccc2)c1Oc1cccc(F)c1)C1CC1. The van der Waals surface area contributed by atoms with E-state index in [0.717, 1.165) is 29.8 Å². The molecular weight excluding hydrogens is 445 g/mol. The van der Waals surface area contributed by atoms with E-state index in [1.54, 1.807) is 16.8 Å². The van der Waals surface area contributed by atoms with Gasteiger partial charge in [0.15, 0.2) is 0 Å². The van der Waals surface area contributed by atoms with Crippen molar-refractivity contribution in [1.82, 2.24) is 14.7 Å². The van der Waals surface area contributed by atoms with Crippen molar-refractivity contribution < 1.29 is 19.0 Å².